The van der Waals surface area contributed by atoms with Crippen LogP contribution in [0.2, 0.25) is 0 Å². The van der Waals surface area contributed by atoms with E-state index in [-0.39, 0.29) is 6.04 Å². The van der Waals surface area contributed by atoms with Gasteiger partial charge in [-0.1, -0.05) is 12.2 Å². The van der Waals surface area contributed by atoms with Gasteiger partial charge in [-0.3, -0.25) is 14.8 Å². The van der Waals surface area contributed by atoms with Gasteiger partial charge in [-0.05, 0) is 6.92 Å². The Morgan fingerprint density at radius 2 is 2.13 bits per heavy atom. The molecule has 0 saturated heterocycles. The molecule has 6 rings (SSSR count). The summed E-state index contributed by atoms with van der Waals surface area (Å²) < 4.78 is 1.91. The first-order chi connectivity index (χ1) is 15.3. The average molecular weight is 429 g/mol. The van der Waals surface area contributed by atoms with Crippen molar-refractivity contribution >= 4 is 22.8 Å². The van der Waals surface area contributed by atoms with Crippen LogP contribution < -0.4 is 4.90 Å². The topological polar surface area (TPSA) is 130 Å². The van der Waals surface area contributed by atoms with Gasteiger partial charge >= 0.3 is 0 Å². The third-order valence-electron chi connectivity index (χ3n) is 5.02. The molecular formula is C19H15N11S. The average Bonchev–Trinajstić information content (AvgIpc) is 3.60. The number of hydrogen-bond donors (Lipinski definition) is 2. The van der Waals surface area contributed by atoms with Crippen molar-refractivity contribution in [2.24, 2.45) is 0 Å². The van der Waals surface area contributed by atoms with Crippen molar-refractivity contribution < 1.29 is 0 Å². The number of fused-ring (bicyclic) bond motifs is 3. The highest BCUT2D eigenvalue weighted by Crippen LogP contribution is 2.42. The van der Waals surface area contributed by atoms with Crippen molar-refractivity contribution in [3.05, 3.63) is 60.7 Å². The molecule has 0 spiro atoms. The van der Waals surface area contributed by atoms with Crippen LogP contribution in [0.25, 0.3) is 27.8 Å². The van der Waals surface area contributed by atoms with Crippen molar-refractivity contribution in [2.45, 2.75) is 13.0 Å². The predicted molar refractivity (Wildman–Crippen MR) is 114 cm³/mol. The number of anilines is 2. The van der Waals surface area contributed by atoms with Gasteiger partial charge in [0, 0.05) is 17.8 Å². The highest BCUT2D eigenvalue weighted by atomic mass is 32.1. The van der Waals surface area contributed by atoms with Gasteiger partial charge in [0.2, 0.25) is 0 Å². The molecule has 5 aromatic heterocycles. The maximum absolute atomic E-state index is 4.95. The highest BCUT2D eigenvalue weighted by molar-refractivity contribution is 7.13. The molecule has 152 valence electrons. The Labute approximate surface area is 179 Å². The minimum absolute atomic E-state index is 0.205. The zero-order valence-corrected chi connectivity index (χ0v) is 17.0. The van der Waals surface area contributed by atoms with Crippen molar-refractivity contribution in [1.82, 2.24) is 50.1 Å². The zero-order chi connectivity index (χ0) is 20.8. The van der Waals surface area contributed by atoms with Crippen LogP contribution in [0.3, 0.4) is 0 Å². The third-order valence-corrected chi connectivity index (χ3v) is 5.81. The standard InChI is InChI=1S/C19H15N11S/c1-2-3-13-18-28-25-10-29(18)14-9-21-16(26-17(14)30(13)11-6-22-23-7-11)12-8-24-27-15(12)19-20-4-5-31-19/h2-10,13H,1H3,(H,22,23)(H,24,27). The summed E-state index contributed by atoms with van der Waals surface area (Å²) in [6, 6.07) is -0.205. The molecule has 5 aromatic rings. The molecule has 1 aliphatic rings. The van der Waals surface area contributed by atoms with Gasteiger partial charge in [-0.2, -0.15) is 10.2 Å². The molecule has 0 fully saturated rings. The summed E-state index contributed by atoms with van der Waals surface area (Å²) in [6.07, 6.45) is 14.6. The molecule has 1 aliphatic heterocycles. The molecule has 2 N–H and O–H groups in total. The summed E-state index contributed by atoms with van der Waals surface area (Å²) in [4.78, 5) is 16.0. The maximum atomic E-state index is 4.95. The molecule has 31 heavy (non-hydrogen) atoms. The Kier molecular flexibility index (Phi) is 3.96. The van der Waals surface area contributed by atoms with E-state index in [4.69, 9.17) is 4.98 Å². The van der Waals surface area contributed by atoms with Crippen molar-refractivity contribution in [3.8, 4) is 27.8 Å². The van der Waals surface area contributed by atoms with Crippen LogP contribution in [0.4, 0.5) is 11.5 Å². The number of rotatable bonds is 4. The van der Waals surface area contributed by atoms with Crippen LogP contribution in [-0.4, -0.2) is 50.1 Å². The molecule has 0 saturated carbocycles. The normalized spacial score (nSPS) is 15.4. The lowest BCUT2D eigenvalue weighted by molar-refractivity contribution is 0.703. The van der Waals surface area contributed by atoms with Crippen LogP contribution in [0.1, 0.15) is 18.8 Å². The molecule has 0 aliphatic carbocycles. The summed E-state index contributed by atoms with van der Waals surface area (Å²) in [5.41, 5.74) is 3.21. The Balaban J connectivity index is 1.57. The number of H-pyrrole nitrogens is 2. The first-order valence-electron chi connectivity index (χ1n) is 9.47. The number of thiazole rings is 1. The number of allylic oxidation sites excluding steroid dienone is 1. The Hall–Kier alpha value is -4.19. The summed E-state index contributed by atoms with van der Waals surface area (Å²) in [5.74, 6) is 2.03. The van der Waals surface area contributed by atoms with Crippen LogP contribution in [0, 0.1) is 0 Å². The Morgan fingerprint density at radius 3 is 2.94 bits per heavy atom. The fourth-order valence-electron chi connectivity index (χ4n) is 3.70. The number of nitrogens with one attached hydrogen (secondary N) is 2. The molecule has 0 amide bonds. The SMILES string of the molecule is CC=CC1c2nncn2-c2cnc(-c3cn[nH]c3-c3nccs3)nc2N1c1cn[nH]c1. The fourth-order valence-corrected chi connectivity index (χ4v) is 4.35. The van der Waals surface area contributed by atoms with E-state index >= 15 is 0 Å². The summed E-state index contributed by atoms with van der Waals surface area (Å²) >= 11 is 1.53. The van der Waals surface area contributed by atoms with E-state index in [0.29, 0.717) is 11.6 Å². The largest absolute Gasteiger partial charge is 0.307 e. The molecule has 0 aromatic carbocycles. The van der Waals surface area contributed by atoms with Gasteiger partial charge < -0.3 is 4.90 Å². The molecule has 1 unspecified atom stereocenters. The molecule has 11 nitrogen and oxygen atoms in total. The molecule has 1 atom stereocenters. The van der Waals surface area contributed by atoms with Gasteiger partial charge in [-0.15, -0.1) is 21.5 Å². The second kappa shape index (κ2) is 6.95. The molecule has 6 heterocycles. The van der Waals surface area contributed by atoms with E-state index in [0.717, 1.165) is 33.5 Å². The smallest absolute Gasteiger partial charge is 0.165 e. The summed E-state index contributed by atoms with van der Waals surface area (Å²) in [6.45, 7) is 1.97. The van der Waals surface area contributed by atoms with Crippen LogP contribution in [0.5, 0.6) is 0 Å². The fraction of sp³-hybridized carbons (Fsp3) is 0.105. The van der Waals surface area contributed by atoms with Crippen LogP contribution in [-0.2, 0) is 0 Å². The molecule has 12 heteroatoms. The second-order valence-corrected chi connectivity index (χ2v) is 7.65. The zero-order valence-electron chi connectivity index (χ0n) is 16.2. The van der Waals surface area contributed by atoms with E-state index in [1.54, 1.807) is 31.1 Å². The molecule has 0 bridgehead atoms. The van der Waals surface area contributed by atoms with E-state index in [9.17, 15) is 0 Å². The van der Waals surface area contributed by atoms with Gasteiger partial charge in [0.15, 0.2) is 17.5 Å². The second-order valence-electron chi connectivity index (χ2n) is 6.75. The predicted octanol–water partition coefficient (Wildman–Crippen LogP) is 3.06. The lowest BCUT2D eigenvalue weighted by Gasteiger charge is -2.34. The minimum Gasteiger partial charge on any atom is -0.307 e. The lowest BCUT2D eigenvalue weighted by atomic mass is 10.1. The summed E-state index contributed by atoms with van der Waals surface area (Å²) in [7, 11) is 0. The van der Waals surface area contributed by atoms with E-state index in [2.05, 4.69) is 51.5 Å². The number of nitrogens with zero attached hydrogens (tertiary/aromatic N) is 9. The lowest BCUT2D eigenvalue weighted by Crippen LogP contribution is -2.31. The number of aromatic nitrogens is 10. The van der Waals surface area contributed by atoms with E-state index in [1.807, 2.05) is 29.1 Å². The first kappa shape index (κ1) is 17.7. The first-order valence-corrected chi connectivity index (χ1v) is 10.3. The van der Waals surface area contributed by atoms with E-state index in [1.165, 1.54) is 11.3 Å². The maximum Gasteiger partial charge on any atom is 0.165 e. The van der Waals surface area contributed by atoms with Crippen molar-refractivity contribution in [1.29, 1.82) is 0 Å². The van der Waals surface area contributed by atoms with Crippen molar-refractivity contribution in [3.63, 3.8) is 0 Å². The van der Waals surface area contributed by atoms with Gasteiger partial charge in [0.25, 0.3) is 0 Å². The monoisotopic (exact) mass is 429 g/mol. The third kappa shape index (κ3) is 2.69. The van der Waals surface area contributed by atoms with E-state index < -0.39 is 0 Å². The van der Waals surface area contributed by atoms with Gasteiger partial charge in [-0.25, -0.2) is 15.0 Å². The minimum atomic E-state index is -0.205. The van der Waals surface area contributed by atoms with Crippen LogP contribution >= 0.6 is 11.3 Å². The Bertz CT molecular complexity index is 1360. The Morgan fingerprint density at radius 1 is 1.16 bits per heavy atom. The summed E-state index contributed by atoms with van der Waals surface area (Å²) in [5, 5.41) is 25.5. The van der Waals surface area contributed by atoms with Crippen LogP contribution in [0.15, 0.2) is 54.8 Å². The number of hydrogen-bond acceptors (Lipinski definition) is 9. The molecule has 0 radical (unpaired) electrons. The molecular weight excluding hydrogens is 414 g/mol. The quantitative estimate of drug-likeness (QED) is 0.417. The number of aromatic amines is 2. The highest BCUT2D eigenvalue weighted by Gasteiger charge is 2.35. The van der Waals surface area contributed by atoms with Gasteiger partial charge in [0.05, 0.1) is 29.8 Å². The van der Waals surface area contributed by atoms with Gasteiger partial charge in [0.1, 0.15) is 28.8 Å². The van der Waals surface area contributed by atoms with Crippen molar-refractivity contribution in [2.75, 3.05) is 4.90 Å².